The quantitative estimate of drug-likeness (QED) is 0.930. The minimum Gasteiger partial charge on any atom is -0.508 e. The average molecular weight is 272 g/mol. The Kier molecular flexibility index (Phi) is 4.02. The van der Waals surface area contributed by atoms with Gasteiger partial charge in [0, 0.05) is 12.1 Å². The lowest BCUT2D eigenvalue weighted by atomic mass is 10.2. The third kappa shape index (κ3) is 3.20. The zero-order valence-electron chi connectivity index (χ0n) is 11.6. The molecule has 1 aromatic carbocycles. The summed E-state index contributed by atoms with van der Waals surface area (Å²) in [7, 11) is 0. The number of aromatic hydroxyl groups is 1. The number of hydrogen-bond acceptors (Lipinski definition) is 4. The normalized spacial score (nSPS) is 17.0. The fourth-order valence-corrected chi connectivity index (χ4v) is 2.64. The van der Waals surface area contributed by atoms with Crippen LogP contribution in [0.1, 0.15) is 31.4 Å². The van der Waals surface area contributed by atoms with Crippen molar-refractivity contribution >= 4 is 0 Å². The standard InChI is InChI=1S/C16H20N2O2/c19-15-7-5-13(6-8-15)16-17-14(12-20-16)11-18-9-3-1-2-4-10-18/h5-8,12,19H,1-4,9-11H2. The van der Waals surface area contributed by atoms with Crippen LogP contribution in [0.4, 0.5) is 0 Å². The summed E-state index contributed by atoms with van der Waals surface area (Å²) < 4.78 is 5.54. The number of oxazole rings is 1. The van der Waals surface area contributed by atoms with Crippen LogP contribution in [0.3, 0.4) is 0 Å². The minimum atomic E-state index is 0.255. The molecule has 1 aromatic heterocycles. The first-order valence-electron chi connectivity index (χ1n) is 7.27. The first-order chi connectivity index (χ1) is 9.81. The Hall–Kier alpha value is -1.81. The first-order valence-corrected chi connectivity index (χ1v) is 7.27. The predicted molar refractivity (Wildman–Crippen MR) is 77.3 cm³/mol. The second-order valence-electron chi connectivity index (χ2n) is 5.38. The summed E-state index contributed by atoms with van der Waals surface area (Å²) in [6.45, 7) is 3.17. The van der Waals surface area contributed by atoms with Gasteiger partial charge in [0.1, 0.15) is 12.0 Å². The maximum atomic E-state index is 9.29. The van der Waals surface area contributed by atoms with Gasteiger partial charge in [-0.15, -0.1) is 0 Å². The highest BCUT2D eigenvalue weighted by molar-refractivity contribution is 5.54. The molecule has 4 heteroatoms. The molecule has 0 saturated carbocycles. The molecular weight excluding hydrogens is 252 g/mol. The third-order valence-corrected chi connectivity index (χ3v) is 3.75. The van der Waals surface area contributed by atoms with Crippen molar-refractivity contribution in [1.29, 1.82) is 0 Å². The molecule has 106 valence electrons. The molecular formula is C16H20N2O2. The van der Waals surface area contributed by atoms with Crippen LogP contribution in [0.5, 0.6) is 5.75 Å². The molecule has 2 aromatic rings. The second-order valence-corrected chi connectivity index (χ2v) is 5.38. The molecule has 4 nitrogen and oxygen atoms in total. The number of rotatable bonds is 3. The van der Waals surface area contributed by atoms with E-state index in [9.17, 15) is 5.11 Å². The van der Waals surface area contributed by atoms with Gasteiger partial charge in [-0.2, -0.15) is 0 Å². The summed E-state index contributed by atoms with van der Waals surface area (Å²) in [5.74, 6) is 0.875. The van der Waals surface area contributed by atoms with Gasteiger partial charge in [-0.25, -0.2) is 4.98 Å². The Morgan fingerprint density at radius 3 is 2.45 bits per heavy atom. The van der Waals surface area contributed by atoms with E-state index in [0.29, 0.717) is 5.89 Å². The predicted octanol–water partition coefficient (Wildman–Crippen LogP) is 3.42. The fourth-order valence-electron chi connectivity index (χ4n) is 2.64. The first kappa shape index (κ1) is 13.2. The number of nitrogens with zero attached hydrogens (tertiary/aromatic N) is 2. The second kappa shape index (κ2) is 6.09. The molecule has 1 fully saturated rings. The zero-order valence-corrected chi connectivity index (χ0v) is 11.6. The summed E-state index contributed by atoms with van der Waals surface area (Å²) in [4.78, 5) is 6.99. The van der Waals surface area contributed by atoms with Crippen molar-refractivity contribution in [2.45, 2.75) is 32.2 Å². The van der Waals surface area contributed by atoms with Gasteiger partial charge in [0.15, 0.2) is 0 Å². The summed E-state index contributed by atoms with van der Waals surface area (Å²) >= 11 is 0. The SMILES string of the molecule is Oc1ccc(-c2nc(CN3CCCCCC3)co2)cc1. The van der Waals surface area contributed by atoms with Gasteiger partial charge in [-0.1, -0.05) is 12.8 Å². The van der Waals surface area contributed by atoms with E-state index in [1.165, 1.54) is 25.7 Å². The van der Waals surface area contributed by atoms with E-state index in [1.54, 1.807) is 18.4 Å². The maximum Gasteiger partial charge on any atom is 0.226 e. The van der Waals surface area contributed by atoms with Crippen molar-refractivity contribution in [3.05, 3.63) is 36.2 Å². The molecule has 0 amide bonds. The smallest absolute Gasteiger partial charge is 0.226 e. The highest BCUT2D eigenvalue weighted by Crippen LogP contribution is 2.22. The van der Waals surface area contributed by atoms with E-state index in [1.807, 2.05) is 12.1 Å². The van der Waals surface area contributed by atoms with Crippen LogP contribution in [-0.4, -0.2) is 28.1 Å². The molecule has 3 rings (SSSR count). The van der Waals surface area contributed by atoms with E-state index in [0.717, 1.165) is 30.9 Å². The molecule has 1 N–H and O–H groups in total. The number of phenolic OH excluding ortho intramolecular Hbond substituents is 1. The molecule has 2 heterocycles. The average Bonchev–Trinajstić information content (AvgIpc) is 2.76. The van der Waals surface area contributed by atoms with E-state index < -0.39 is 0 Å². The summed E-state index contributed by atoms with van der Waals surface area (Å²) in [6.07, 6.45) is 6.99. The molecule has 0 bridgehead atoms. The van der Waals surface area contributed by atoms with Crippen LogP contribution in [0.25, 0.3) is 11.5 Å². The van der Waals surface area contributed by atoms with Crippen LogP contribution in [0, 0.1) is 0 Å². The lowest BCUT2D eigenvalue weighted by molar-refractivity contribution is 0.273. The lowest BCUT2D eigenvalue weighted by Gasteiger charge is -2.17. The van der Waals surface area contributed by atoms with Crippen molar-refractivity contribution in [3.63, 3.8) is 0 Å². The molecule has 1 saturated heterocycles. The van der Waals surface area contributed by atoms with Crippen molar-refractivity contribution < 1.29 is 9.52 Å². The molecule has 0 aliphatic carbocycles. The molecule has 1 aliphatic rings. The Morgan fingerprint density at radius 1 is 1.05 bits per heavy atom. The van der Waals surface area contributed by atoms with E-state index >= 15 is 0 Å². The topological polar surface area (TPSA) is 49.5 Å². The summed E-state index contributed by atoms with van der Waals surface area (Å²) in [5.41, 5.74) is 1.87. The Labute approximate surface area is 119 Å². The number of aromatic nitrogens is 1. The highest BCUT2D eigenvalue weighted by atomic mass is 16.3. The van der Waals surface area contributed by atoms with Gasteiger partial charge < -0.3 is 9.52 Å². The van der Waals surface area contributed by atoms with Crippen LogP contribution in [0.15, 0.2) is 34.9 Å². The molecule has 1 aliphatic heterocycles. The molecule has 20 heavy (non-hydrogen) atoms. The summed E-state index contributed by atoms with van der Waals surface area (Å²) in [5, 5.41) is 9.29. The number of phenols is 1. The molecule has 0 spiro atoms. The molecule has 0 atom stereocenters. The van der Waals surface area contributed by atoms with Gasteiger partial charge >= 0.3 is 0 Å². The van der Waals surface area contributed by atoms with Crippen LogP contribution in [0.2, 0.25) is 0 Å². The van der Waals surface area contributed by atoms with Gasteiger partial charge in [0.2, 0.25) is 5.89 Å². The van der Waals surface area contributed by atoms with Crippen molar-refractivity contribution in [2.24, 2.45) is 0 Å². The number of likely N-dealkylation sites (tertiary alicyclic amines) is 1. The number of benzene rings is 1. The fraction of sp³-hybridized carbons (Fsp3) is 0.438. The van der Waals surface area contributed by atoms with Gasteiger partial charge in [-0.05, 0) is 50.2 Å². The minimum absolute atomic E-state index is 0.255. The highest BCUT2D eigenvalue weighted by Gasteiger charge is 2.13. The van der Waals surface area contributed by atoms with E-state index in [-0.39, 0.29) is 5.75 Å². The summed E-state index contributed by atoms with van der Waals surface area (Å²) in [6, 6.07) is 6.93. The molecule has 0 unspecified atom stereocenters. The Balaban J connectivity index is 1.68. The third-order valence-electron chi connectivity index (χ3n) is 3.75. The van der Waals surface area contributed by atoms with Crippen LogP contribution in [-0.2, 0) is 6.54 Å². The lowest BCUT2D eigenvalue weighted by Crippen LogP contribution is -2.24. The van der Waals surface area contributed by atoms with Gasteiger partial charge in [0.25, 0.3) is 0 Å². The number of hydrogen-bond donors (Lipinski definition) is 1. The largest absolute Gasteiger partial charge is 0.508 e. The molecule has 0 radical (unpaired) electrons. The van der Waals surface area contributed by atoms with Crippen molar-refractivity contribution in [2.75, 3.05) is 13.1 Å². The van der Waals surface area contributed by atoms with Crippen molar-refractivity contribution in [3.8, 4) is 17.2 Å². The monoisotopic (exact) mass is 272 g/mol. The maximum absolute atomic E-state index is 9.29. The van der Waals surface area contributed by atoms with Crippen LogP contribution >= 0.6 is 0 Å². The van der Waals surface area contributed by atoms with Crippen molar-refractivity contribution in [1.82, 2.24) is 9.88 Å². The van der Waals surface area contributed by atoms with Gasteiger partial charge in [0.05, 0.1) is 5.69 Å². The van der Waals surface area contributed by atoms with E-state index in [4.69, 9.17) is 4.42 Å². The van der Waals surface area contributed by atoms with E-state index in [2.05, 4.69) is 9.88 Å². The van der Waals surface area contributed by atoms with Gasteiger partial charge in [-0.3, -0.25) is 4.90 Å². The Bertz CT molecular complexity index is 540. The zero-order chi connectivity index (χ0) is 13.8. The van der Waals surface area contributed by atoms with Crippen LogP contribution < -0.4 is 0 Å². The Morgan fingerprint density at radius 2 is 1.75 bits per heavy atom.